The molecule has 186 valence electrons. The van der Waals surface area contributed by atoms with Crippen molar-refractivity contribution in [3.8, 4) is 0 Å². The van der Waals surface area contributed by atoms with Gasteiger partial charge in [-0.3, -0.25) is 14.5 Å². The van der Waals surface area contributed by atoms with E-state index in [4.69, 9.17) is 11.6 Å². The topological polar surface area (TPSA) is 67.9 Å². The van der Waals surface area contributed by atoms with E-state index in [1.165, 1.54) is 12.1 Å². The highest BCUT2D eigenvalue weighted by molar-refractivity contribution is 6.32. The maximum Gasteiger partial charge on any atom is 0.405 e. The summed E-state index contributed by atoms with van der Waals surface area (Å²) in [4.78, 5) is 30.2. The summed E-state index contributed by atoms with van der Waals surface area (Å²) in [5.74, 6) is 0.145. The summed E-state index contributed by atoms with van der Waals surface area (Å²) >= 11 is 6.31. The van der Waals surface area contributed by atoms with Crippen LogP contribution in [0, 0.1) is 0 Å². The Hall–Kier alpha value is -2.46. The molecule has 1 aromatic carbocycles. The molecule has 2 N–H and O–H groups in total. The molecule has 0 unspecified atom stereocenters. The number of halogens is 4. The summed E-state index contributed by atoms with van der Waals surface area (Å²) < 4.78 is 38.2. The molecule has 2 aliphatic heterocycles. The maximum atomic E-state index is 12.8. The first-order valence-electron chi connectivity index (χ1n) is 11.5. The van der Waals surface area contributed by atoms with Crippen LogP contribution < -0.4 is 10.6 Å². The van der Waals surface area contributed by atoms with E-state index in [1.54, 1.807) is 15.9 Å². The van der Waals surface area contributed by atoms with Crippen molar-refractivity contribution in [2.24, 2.45) is 0 Å². The third kappa shape index (κ3) is 5.96. The first-order chi connectivity index (χ1) is 16.1. The van der Waals surface area contributed by atoms with Gasteiger partial charge in [-0.15, -0.1) is 0 Å². The smallest absolute Gasteiger partial charge is 0.375 e. The van der Waals surface area contributed by atoms with Gasteiger partial charge in [0.15, 0.2) is 0 Å². The lowest BCUT2D eigenvalue weighted by Gasteiger charge is -2.47. The predicted octanol–water partition coefficient (Wildman–Crippen LogP) is 3.14. The zero-order chi connectivity index (χ0) is 24.5. The van der Waals surface area contributed by atoms with Crippen molar-refractivity contribution >= 4 is 34.8 Å². The summed E-state index contributed by atoms with van der Waals surface area (Å²) in [5, 5.41) is 5.86. The highest BCUT2D eigenvalue weighted by Gasteiger charge is 2.36. The van der Waals surface area contributed by atoms with Crippen molar-refractivity contribution in [1.82, 2.24) is 14.7 Å². The second kappa shape index (κ2) is 10.0. The highest BCUT2D eigenvalue weighted by atomic mass is 35.5. The number of anilines is 2. The Morgan fingerprint density at radius 1 is 1.06 bits per heavy atom. The molecule has 3 aliphatic rings. The molecule has 2 saturated heterocycles. The summed E-state index contributed by atoms with van der Waals surface area (Å²) in [5.41, 5.74) is 1.57. The number of hydrogen-bond donors (Lipinski definition) is 2. The largest absolute Gasteiger partial charge is 0.405 e. The molecule has 0 spiro atoms. The van der Waals surface area contributed by atoms with E-state index >= 15 is 0 Å². The number of nitrogens with one attached hydrogen (secondary N) is 2. The lowest BCUT2D eigenvalue weighted by atomic mass is 10.1. The number of piperazine rings is 1. The number of rotatable bonds is 8. The van der Waals surface area contributed by atoms with Crippen molar-refractivity contribution in [3.05, 3.63) is 35.4 Å². The number of hydrogen-bond acceptors (Lipinski definition) is 5. The van der Waals surface area contributed by atoms with Gasteiger partial charge in [0.1, 0.15) is 6.54 Å². The molecule has 1 aromatic rings. The molecule has 2 amide bonds. The van der Waals surface area contributed by atoms with Crippen molar-refractivity contribution in [1.29, 1.82) is 0 Å². The van der Waals surface area contributed by atoms with Crippen LogP contribution in [-0.4, -0.2) is 91.1 Å². The molecule has 34 heavy (non-hydrogen) atoms. The van der Waals surface area contributed by atoms with Gasteiger partial charge in [-0.2, -0.15) is 13.2 Å². The molecule has 2 heterocycles. The zero-order valence-corrected chi connectivity index (χ0v) is 19.6. The van der Waals surface area contributed by atoms with Gasteiger partial charge in [0, 0.05) is 50.3 Å². The van der Waals surface area contributed by atoms with Crippen molar-refractivity contribution < 1.29 is 22.8 Å². The van der Waals surface area contributed by atoms with Crippen LogP contribution in [0.1, 0.15) is 24.3 Å². The van der Waals surface area contributed by atoms with Gasteiger partial charge in [-0.25, -0.2) is 0 Å². The Balaban J connectivity index is 1.30. The van der Waals surface area contributed by atoms with Crippen LogP contribution in [0.15, 0.2) is 24.8 Å². The second-order valence-electron chi connectivity index (χ2n) is 9.03. The fourth-order valence-corrected chi connectivity index (χ4v) is 4.72. The predicted molar refractivity (Wildman–Crippen MR) is 125 cm³/mol. The first kappa shape index (κ1) is 24.7. The van der Waals surface area contributed by atoms with Gasteiger partial charge >= 0.3 is 6.18 Å². The molecule has 0 bridgehead atoms. The van der Waals surface area contributed by atoms with Crippen molar-refractivity contribution in [2.75, 3.05) is 63.0 Å². The van der Waals surface area contributed by atoms with E-state index in [2.05, 4.69) is 22.1 Å². The number of benzene rings is 1. The number of likely N-dealkylation sites (tertiary alicyclic amines) is 1. The minimum atomic E-state index is -4.37. The van der Waals surface area contributed by atoms with Gasteiger partial charge < -0.3 is 20.4 Å². The lowest BCUT2D eigenvalue weighted by Crippen LogP contribution is -2.64. The Kier molecular flexibility index (Phi) is 7.28. The minimum Gasteiger partial charge on any atom is -0.375 e. The lowest BCUT2D eigenvalue weighted by molar-refractivity contribution is -0.135. The monoisotopic (exact) mass is 499 g/mol. The van der Waals surface area contributed by atoms with Gasteiger partial charge in [0.05, 0.1) is 17.9 Å². The molecule has 0 atom stereocenters. The molecule has 0 radical (unpaired) electrons. The van der Waals surface area contributed by atoms with Crippen LogP contribution >= 0.6 is 11.6 Å². The summed E-state index contributed by atoms with van der Waals surface area (Å²) in [6.07, 6.45) is -1.06. The van der Waals surface area contributed by atoms with E-state index in [-0.39, 0.29) is 24.0 Å². The normalized spacial score (nSPS) is 19.5. The molecule has 3 fully saturated rings. The third-order valence-corrected chi connectivity index (χ3v) is 6.92. The molecule has 1 aliphatic carbocycles. The number of nitrogens with zero attached hydrogens (tertiary/aromatic N) is 3. The van der Waals surface area contributed by atoms with Crippen LogP contribution in [-0.2, 0) is 9.59 Å². The number of carbonyl (C=O) groups excluding carboxylic acids is 2. The zero-order valence-electron chi connectivity index (χ0n) is 18.8. The first-order valence-corrected chi connectivity index (χ1v) is 11.8. The van der Waals surface area contributed by atoms with Crippen LogP contribution in [0.3, 0.4) is 0 Å². The molecular weight excluding hydrogens is 471 g/mol. The molecule has 0 aromatic heterocycles. The molecule has 1 saturated carbocycles. The van der Waals surface area contributed by atoms with E-state index in [1.807, 2.05) is 0 Å². The quantitative estimate of drug-likeness (QED) is 0.538. The Morgan fingerprint density at radius 2 is 1.71 bits per heavy atom. The van der Waals surface area contributed by atoms with Gasteiger partial charge in [-0.1, -0.05) is 18.2 Å². The Bertz CT molecular complexity index is 939. The number of amides is 2. The van der Waals surface area contributed by atoms with E-state index in [0.29, 0.717) is 48.8 Å². The summed E-state index contributed by atoms with van der Waals surface area (Å²) in [6.45, 7) is 6.23. The number of carbonyl (C=O) groups is 2. The molecular formula is C23H29ClF3N5O2. The van der Waals surface area contributed by atoms with E-state index < -0.39 is 12.7 Å². The molecule has 11 heteroatoms. The fourth-order valence-electron chi connectivity index (χ4n) is 4.40. The molecule has 4 rings (SSSR count). The minimum absolute atomic E-state index is 0.0164. The number of alkyl halides is 3. The van der Waals surface area contributed by atoms with Crippen molar-refractivity contribution in [2.45, 2.75) is 31.0 Å². The van der Waals surface area contributed by atoms with Crippen molar-refractivity contribution in [3.63, 3.8) is 0 Å². The Labute approximate surface area is 201 Å². The average Bonchev–Trinajstić information content (AvgIpc) is 3.60. The van der Waals surface area contributed by atoms with Gasteiger partial charge in [0.2, 0.25) is 11.8 Å². The van der Waals surface area contributed by atoms with E-state index in [0.717, 1.165) is 31.5 Å². The summed E-state index contributed by atoms with van der Waals surface area (Å²) in [6, 6.07) is 3.57. The Morgan fingerprint density at radius 3 is 2.29 bits per heavy atom. The molecule has 7 nitrogen and oxygen atoms in total. The third-order valence-electron chi connectivity index (χ3n) is 6.60. The summed E-state index contributed by atoms with van der Waals surface area (Å²) in [7, 11) is 0. The van der Waals surface area contributed by atoms with E-state index in [9.17, 15) is 22.8 Å². The maximum absolute atomic E-state index is 12.8. The van der Waals surface area contributed by atoms with Gasteiger partial charge in [-0.05, 0) is 42.5 Å². The van der Waals surface area contributed by atoms with Crippen LogP contribution in [0.5, 0.6) is 0 Å². The second-order valence-corrected chi connectivity index (χ2v) is 9.44. The average molecular weight is 500 g/mol. The highest BCUT2D eigenvalue weighted by Crippen LogP contribution is 2.45. The van der Waals surface area contributed by atoms with Gasteiger partial charge in [0.25, 0.3) is 0 Å². The SMILES string of the molecule is C=CC(=O)N1CC(N2CCN(C(=O)CNc3cc(C4CC4)c(Cl)cc3NCC(F)(F)F)CC2)C1. The standard InChI is InChI=1S/C23H29ClF3N5O2/c1-2-21(33)32-12-16(13-32)30-5-7-31(8-6-30)22(34)11-28-19-9-17(15-3-4-15)18(24)10-20(19)29-14-23(25,26)27/h2,9-10,15-16,28-29H,1,3-8,11-14H2. The van der Waals surface area contributed by atoms with Crippen LogP contribution in [0.4, 0.5) is 24.5 Å². The fraction of sp³-hybridized carbons (Fsp3) is 0.565. The van der Waals surface area contributed by atoms with Crippen LogP contribution in [0.2, 0.25) is 5.02 Å². The van der Waals surface area contributed by atoms with Crippen LogP contribution in [0.25, 0.3) is 0 Å².